The van der Waals surface area contributed by atoms with Gasteiger partial charge in [-0.2, -0.15) is 0 Å². The SMILES string of the molecule is CCN1CCCCCCCC(N)NC2C(N)C21. The van der Waals surface area contributed by atoms with Crippen LogP contribution in [0.4, 0.5) is 0 Å². The Morgan fingerprint density at radius 1 is 1.12 bits per heavy atom. The Hall–Kier alpha value is -0.160. The minimum Gasteiger partial charge on any atom is -0.325 e. The standard InChI is InChI=1S/C13H28N4/c1-2-17-9-7-5-3-4-6-8-10(14)16-12-11(15)13(12)17/h10-13,16H,2-9,14-15H2,1H3. The number of nitrogens with one attached hydrogen (secondary N) is 1. The van der Waals surface area contributed by atoms with Gasteiger partial charge in [0.15, 0.2) is 0 Å². The number of nitrogens with zero attached hydrogens (tertiary/aromatic N) is 1. The molecule has 0 radical (unpaired) electrons. The lowest BCUT2D eigenvalue weighted by Gasteiger charge is -2.22. The average Bonchev–Trinajstić information content (AvgIpc) is 2.91. The van der Waals surface area contributed by atoms with Gasteiger partial charge in [0, 0.05) is 18.1 Å². The van der Waals surface area contributed by atoms with Crippen LogP contribution in [0.3, 0.4) is 0 Å². The number of fused-ring (bicyclic) bond motifs is 1. The molecule has 4 unspecified atom stereocenters. The summed E-state index contributed by atoms with van der Waals surface area (Å²) in [5.41, 5.74) is 12.3. The van der Waals surface area contributed by atoms with E-state index < -0.39 is 0 Å². The molecule has 100 valence electrons. The summed E-state index contributed by atoms with van der Waals surface area (Å²) < 4.78 is 0. The molecule has 2 rings (SSSR count). The van der Waals surface area contributed by atoms with Gasteiger partial charge in [-0.05, 0) is 25.9 Å². The van der Waals surface area contributed by atoms with Gasteiger partial charge in [0.25, 0.3) is 0 Å². The maximum Gasteiger partial charge on any atom is 0.0549 e. The molecule has 1 saturated carbocycles. The third-order valence-corrected chi connectivity index (χ3v) is 4.23. The van der Waals surface area contributed by atoms with Crippen molar-refractivity contribution in [1.82, 2.24) is 10.2 Å². The summed E-state index contributed by atoms with van der Waals surface area (Å²) in [5.74, 6) is 0. The van der Waals surface area contributed by atoms with Crippen LogP contribution < -0.4 is 16.8 Å². The van der Waals surface area contributed by atoms with Gasteiger partial charge in [0.1, 0.15) is 0 Å². The van der Waals surface area contributed by atoms with E-state index in [-0.39, 0.29) is 12.2 Å². The number of likely N-dealkylation sites (N-methyl/N-ethyl adjacent to an activating group) is 1. The molecule has 0 aromatic carbocycles. The highest BCUT2D eigenvalue weighted by Gasteiger charge is 2.50. The lowest BCUT2D eigenvalue weighted by Crippen LogP contribution is -2.42. The average molecular weight is 240 g/mol. The summed E-state index contributed by atoms with van der Waals surface area (Å²) in [6.07, 6.45) is 7.81. The Bertz CT molecular complexity index is 233. The van der Waals surface area contributed by atoms with Crippen LogP contribution >= 0.6 is 0 Å². The molecule has 4 atom stereocenters. The van der Waals surface area contributed by atoms with Gasteiger partial charge >= 0.3 is 0 Å². The van der Waals surface area contributed by atoms with Gasteiger partial charge in [-0.15, -0.1) is 0 Å². The van der Waals surface area contributed by atoms with E-state index >= 15 is 0 Å². The highest BCUT2D eigenvalue weighted by atomic mass is 15.3. The van der Waals surface area contributed by atoms with Crippen molar-refractivity contribution in [2.24, 2.45) is 11.5 Å². The zero-order chi connectivity index (χ0) is 12.3. The molecule has 1 heterocycles. The maximum atomic E-state index is 6.16. The van der Waals surface area contributed by atoms with E-state index in [9.17, 15) is 0 Å². The molecule has 0 aromatic rings. The normalized spacial score (nSPS) is 41.1. The van der Waals surface area contributed by atoms with Crippen LogP contribution in [0.2, 0.25) is 0 Å². The van der Waals surface area contributed by atoms with E-state index in [0.717, 1.165) is 13.0 Å². The zero-order valence-corrected chi connectivity index (χ0v) is 11.1. The molecule has 0 aromatic heterocycles. The van der Waals surface area contributed by atoms with Crippen molar-refractivity contribution in [3.63, 3.8) is 0 Å². The Morgan fingerprint density at radius 2 is 1.82 bits per heavy atom. The molecular weight excluding hydrogens is 212 g/mol. The quantitative estimate of drug-likeness (QED) is 0.628. The molecule has 5 N–H and O–H groups in total. The van der Waals surface area contributed by atoms with Gasteiger partial charge in [0.05, 0.1) is 6.17 Å². The topological polar surface area (TPSA) is 67.3 Å². The van der Waals surface area contributed by atoms with Gasteiger partial charge < -0.3 is 11.5 Å². The van der Waals surface area contributed by atoms with Gasteiger partial charge in [-0.25, -0.2) is 0 Å². The largest absolute Gasteiger partial charge is 0.325 e. The highest BCUT2D eigenvalue weighted by Crippen LogP contribution is 2.28. The van der Waals surface area contributed by atoms with Crippen LogP contribution in [0.15, 0.2) is 0 Å². The molecule has 4 heteroatoms. The van der Waals surface area contributed by atoms with Gasteiger partial charge in [-0.3, -0.25) is 10.2 Å². The monoisotopic (exact) mass is 240 g/mol. The van der Waals surface area contributed by atoms with Crippen LogP contribution in [-0.2, 0) is 0 Å². The fourth-order valence-corrected chi connectivity index (χ4v) is 3.06. The highest BCUT2D eigenvalue weighted by molar-refractivity contribution is 5.14. The minimum atomic E-state index is 0.134. The van der Waals surface area contributed by atoms with Crippen molar-refractivity contribution < 1.29 is 0 Å². The molecule has 17 heavy (non-hydrogen) atoms. The Balaban J connectivity index is 1.90. The zero-order valence-electron chi connectivity index (χ0n) is 11.1. The lowest BCUT2D eigenvalue weighted by atomic mass is 10.1. The van der Waals surface area contributed by atoms with Crippen molar-refractivity contribution in [2.45, 2.75) is 69.7 Å². The van der Waals surface area contributed by atoms with Crippen molar-refractivity contribution >= 4 is 0 Å². The van der Waals surface area contributed by atoms with E-state index in [2.05, 4.69) is 17.1 Å². The summed E-state index contributed by atoms with van der Waals surface area (Å²) in [6.45, 7) is 4.53. The number of rotatable bonds is 1. The lowest BCUT2D eigenvalue weighted by molar-refractivity contribution is 0.252. The summed E-state index contributed by atoms with van der Waals surface area (Å²) in [4.78, 5) is 2.52. The summed E-state index contributed by atoms with van der Waals surface area (Å²) in [6, 6.07) is 1.22. The molecule has 4 nitrogen and oxygen atoms in total. The van der Waals surface area contributed by atoms with E-state index in [4.69, 9.17) is 11.5 Å². The Morgan fingerprint density at radius 3 is 2.59 bits per heavy atom. The molecule has 0 bridgehead atoms. The molecular formula is C13H28N4. The van der Waals surface area contributed by atoms with E-state index in [1.807, 2.05) is 0 Å². The van der Waals surface area contributed by atoms with Crippen LogP contribution in [0, 0.1) is 0 Å². The number of hydrogen-bond donors (Lipinski definition) is 3. The molecule has 1 aliphatic carbocycles. The molecule has 0 spiro atoms. The predicted molar refractivity (Wildman–Crippen MR) is 71.6 cm³/mol. The second-order valence-corrected chi connectivity index (χ2v) is 5.55. The first-order valence-corrected chi connectivity index (χ1v) is 7.25. The molecule has 0 amide bonds. The number of hydrogen-bond acceptors (Lipinski definition) is 4. The maximum absolute atomic E-state index is 6.16. The van der Waals surface area contributed by atoms with E-state index in [0.29, 0.717) is 12.1 Å². The van der Waals surface area contributed by atoms with Crippen LogP contribution in [0.25, 0.3) is 0 Å². The van der Waals surface area contributed by atoms with E-state index in [1.54, 1.807) is 0 Å². The smallest absolute Gasteiger partial charge is 0.0549 e. The first kappa shape index (κ1) is 13.3. The molecule has 1 aliphatic heterocycles. The third kappa shape index (κ3) is 3.41. The summed E-state index contributed by atoms with van der Waals surface area (Å²) in [5, 5.41) is 3.50. The van der Waals surface area contributed by atoms with Crippen LogP contribution in [0.1, 0.15) is 45.4 Å². The summed E-state index contributed by atoms with van der Waals surface area (Å²) >= 11 is 0. The summed E-state index contributed by atoms with van der Waals surface area (Å²) in [7, 11) is 0. The molecule has 2 aliphatic rings. The Labute approximate surface area is 105 Å². The molecule has 2 fully saturated rings. The van der Waals surface area contributed by atoms with Crippen LogP contribution in [-0.4, -0.2) is 42.3 Å². The second kappa shape index (κ2) is 6.14. The predicted octanol–water partition coefficient (Wildman–Crippen LogP) is 0.615. The van der Waals surface area contributed by atoms with Crippen molar-refractivity contribution in [3.8, 4) is 0 Å². The second-order valence-electron chi connectivity index (χ2n) is 5.55. The van der Waals surface area contributed by atoms with Crippen LogP contribution in [0.5, 0.6) is 0 Å². The third-order valence-electron chi connectivity index (χ3n) is 4.23. The number of nitrogens with two attached hydrogens (primary N) is 2. The van der Waals surface area contributed by atoms with Crippen molar-refractivity contribution in [3.05, 3.63) is 0 Å². The van der Waals surface area contributed by atoms with Crippen molar-refractivity contribution in [2.75, 3.05) is 13.1 Å². The first-order chi connectivity index (χ1) is 8.24. The first-order valence-electron chi connectivity index (χ1n) is 7.25. The Kier molecular flexibility index (Phi) is 4.79. The fraction of sp³-hybridized carbons (Fsp3) is 1.00. The van der Waals surface area contributed by atoms with Crippen molar-refractivity contribution in [1.29, 1.82) is 0 Å². The van der Waals surface area contributed by atoms with Gasteiger partial charge in [-0.1, -0.05) is 32.6 Å². The minimum absolute atomic E-state index is 0.134. The molecule has 1 saturated heterocycles. The van der Waals surface area contributed by atoms with E-state index in [1.165, 1.54) is 38.6 Å². The van der Waals surface area contributed by atoms with Gasteiger partial charge in [0.2, 0.25) is 0 Å². The fourth-order valence-electron chi connectivity index (χ4n) is 3.06.